The van der Waals surface area contributed by atoms with Gasteiger partial charge in [-0.05, 0) is 6.08 Å². The molecule has 0 saturated carbocycles. The number of rotatable bonds is 1. The number of hydrogen-bond donors (Lipinski definition) is 0. The van der Waals surface area contributed by atoms with E-state index in [1.807, 2.05) is 0 Å². The second-order valence-corrected chi connectivity index (χ2v) is 1.75. The number of hydrogen-bond acceptors (Lipinski definition) is 2. The summed E-state index contributed by atoms with van der Waals surface area (Å²) in [7, 11) is 0. The van der Waals surface area contributed by atoms with Crippen LogP contribution in [-0.2, 0) is 9.63 Å². The molecular weight excluding hydrogens is 118 g/mol. The lowest BCUT2D eigenvalue weighted by molar-refractivity contribution is -0.161. The van der Waals surface area contributed by atoms with E-state index < -0.39 is 0 Å². The summed E-state index contributed by atoms with van der Waals surface area (Å²) in [6, 6.07) is 0. The van der Waals surface area contributed by atoms with Crippen molar-refractivity contribution in [1.29, 1.82) is 0 Å². The average Bonchev–Trinajstić information content (AvgIpc) is 2.37. The summed E-state index contributed by atoms with van der Waals surface area (Å²) in [4.78, 5) is 15.6. The first-order chi connectivity index (χ1) is 4.34. The Hall–Kier alpha value is -0.830. The number of nitrogens with zero attached hydrogens (tertiary/aromatic N) is 1. The summed E-state index contributed by atoms with van der Waals surface area (Å²) in [5.74, 6) is 0.00347. The van der Waals surface area contributed by atoms with Gasteiger partial charge in [-0.1, -0.05) is 6.92 Å². The molecule has 1 aliphatic rings. The number of hydroxylamine groups is 2. The van der Waals surface area contributed by atoms with Crippen molar-refractivity contribution in [3.05, 3.63) is 12.3 Å². The Morgan fingerprint density at radius 1 is 1.89 bits per heavy atom. The Labute approximate surface area is 53.9 Å². The van der Waals surface area contributed by atoms with E-state index in [0.717, 1.165) is 0 Å². The molecule has 1 rings (SSSR count). The molecule has 3 heteroatoms. The van der Waals surface area contributed by atoms with Crippen molar-refractivity contribution in [3.8, 4) is 0 Å². The number of carbonyl (C=O) groups is 1. The third-order valence-corrected chi connectivity index (χ3v) is 1.10. The van der Waals surface area contributed by atoms with Gasteiger partial charge in [0.2, 0.25) is 5.91 Å². The molecule has 0 spiro atoms. The fourth-order valence-electron chi connectivity index (χ4n) is 0.616. The summed E-state index contributed by atoms with van der Waals surface area (Å²) >= 11 is 0. The molecular formula is C6H9NO2. The molecule has 0 saturated heterocycles. The Morgan fingerprint density at radius 2 is 2.67 bits per heavy atom. The molecule has 0 atom stereocenters. The highest BCUT2D eigenvalue weighted by Gasteiger charge is 2.11. The zero-order chi connectivity index (χ0) is 6.69. The molecule has 0 fully saturated rings. The minimum atomic E-state index is 0.00347. The summed E-state index contributed by atoms with van der Waals surface area (Å²) in [6.07, 6.45) is 3.93. The fourth-order valence-corrected chi connectivity index (χ4v) is 0.616. The van der Waals surface area contributed by atoms with Crippen molar-refractivity contribution in [3.63, 3.8) is 0 Å². The molecule has 50 valence electrons. The lowest BCUT2D eigenvalue weighted by atomic mass is 10.4. The first kappa shape index (κ1) is 6.29. The van der Waals surface area contributed by atoms with E-state index in [9.17, 15) is 4.79 Å². The first-order valence-electron chi connectivity index (χ1n) is 2.96. The lowest BCUT2D eigenvalue weighted by Gasteiger charge is -2.09. The van der Waals surface area contributed by atoms with Gasteiger partial charge in [0.05, 0.1) is 6.61 Å². The van der Waals surface area contributed by atoms with Gasteiger partial charge in [-0.25, -0.2) is 0 Å². The minimum absolute atomic E-state index is 0.00347. The van der Waals surface area contributed by atoms with Crippen molar-refractivity contribution < 1.29 is 9.63 Å². The zero-order valence-corrected chi connectivity index (χ0v) is 5.33. The summed E-state index contributed by atoms with van der Waals surface area (Å²) in [6.45, 7) is 2.32. The van der Waals surface area contributed by atoms with E-state index in [4.69, 9.17) is 4.84 Å². The molecule has 0 radical (unpaired) electrons. The van der Waals surface area contributed by atoms with Crippen LogP contribution in [0.15, 0.2) is 12.3 Å². The van der Waals surface area contributed by atoms with Gasteiger partial charge in [-0.2, -0.15) is 5.06 Å². The van der Waals surface area contributed by atoms with Gasteiger partial charge in [0.15, 0.2) is 0 Å². The molecule has 9 heavy (non-hydrogen) atoms. The van der Waals surface area contributed by atoms with E-state index in [1.165, 1.54) is 5.06 Å². The maximum atomic E-state index is 10.8. The van der Waals surface area contributed by atoms with Crippen LogP contribution in [0.2, 0.25) is 0 Å². The lowest BCUT2D eigenvalue weighted by Crippen LogP contribution is -2.21. The molecule has 0 aromatic rings. The van der Waals surface area contributed by atoms with Crippen LogP contribution in [0.25, 0.3) is 0 Å². The quantitative estimate of drug-likeness (QED) is 0.518. The van der Waals surface area contributed by atoms with E-state index in [-0.39, 0.29) is 5.91 Å². The summed E-state index contributed by atoms with van der Waals surface area (Å²) in [5, 5.41) is 1.26. The molecule has 1 heterocycles. The predicted octanol–water partition coefficient (Wildman–Crippen LogP) is 0.684. The maximum Gasteiger partial charge on any atom is 0.250 e. The highest BCUT2D eigenvalue weighted by molar-refractivity contribution is 5.75. The minimum Gasteiger partial charge on any atom is -0.272 e. The van der Waals surface area contributed by atoms with Crippen molar-refractivity contribution >= 4 is 5.91 Å². The standard InChI is InChI=1S/C6H9NO2/c1-2-6(8)7-4-3-5-9-7/h3-4H,2,5H2,1H3. The van der Waals surface area contributed by atoms with Crippen molar-refractivity contribution in [2.24, 2.45) is 0 Å². The molecule has 0 bridgehead atoms. The van der Waals surface area contributed by atoms with E-state index in [1.54, 1.807) is 19.2 Å². The van der Waals surface area contributed by atoms with Crippen LogP contribution < -0.4 is 0 Å². The van der Waals surface area contributed by atoms with Gasteiger partial charge < -0.3 is 0 Å². The molecule has 1 aliphatic heterocycles. The van der Waals surface area contributed by atoms with Crippen molar-refractivity contribution in [1.82, 2.24) is 5.06 Å². The van der Waals surface area contributed by atoms with E-state index in [0.29, 0.717) is 13.0 Å². The number of amides is 1. The van der Waals surface area contributed by atoms with Gasteiger partial charge in [0, 0.05) is 12.6 Å². The normalized spacial score (nSPS) is 16.8. The van der Waals surface area contributed by atoms with Crippen LogP contribution in [0.5, 0.6) is 0 Å². The predicted molar refractivity (Wildman–Crippen MR) is 32.2 cm³/mol. The molecule has 1 amide bonds. The van der Waals surface area contributed by atoms with Gasteiger partial charge in [-0.3, -0.25) is 9.63 Å². The van der Waals surface area contributed by atoms with Gasteiger partial charge in [0.25, 0.3) is 0 Å². The van der Waals surface area contributed by atoms with Crippen LogP contribution in [0.4, 0.5) is 0 Å². The molecule has 0 N–H and O–H groups in total. The molecule has 3 nitrogen and oxygen atoms in total. The smallest absolute Gasteiger partial charge is 0.250 e. The topological polar surface area (TPSA) is 29.5 Å². The van der Waals surface area contributed by atoms with Crippen LogP contribution in [0, 0.1) is 0 Å². The second kappa shape index (κ2) is 2.64. The van der Waals surface area contributed by atoms with Gasteiger partial charge >= 0.3 is 0 Å². The van der Waals surface area contributed by atoms with Crippen LogP contribution >= 0.6 is 0 Å². The van der Waals surface area contributed by atoms with E-state index >= 15 is 0 Å². The van der Waals surface area contributed by atoms with Crippen molar-refractivity contribution in [2.45, 2.75) is 13.3 Å². The molecule has 0 aromatic heterocycles. The molecule has 0 aliphatic carbocycles. The monoisotopic (exact) mass is 127 g/mol. The Balaban J connectivity index is 2.43. The average molecular weight is 127 g/mol. The summed E-state index contributed by atoms with van der Waals surface area (Å²) in [5.41, 5.74) is 0. The Morgan fingerprint density at radius 3 is 3.11 bits per heavy atom. The van der Waals surface area contributed by atoms with E-state index in [2.05, 4.69) is 0 Å². The zero-order valence-electron chi connectivity index (χ0n) is 5.33. The molecule has 0 aromatic carbocycles. The van der Waals surface area contributed by atoms with Crippen LogP contribution in [0.3, 0.4) is 0 Å². The van der Waals surface area contributed by atoms with Gasteiger partial charge in [0.1, 0.15) is 0 Å². The highest BCUT2D eigenvalue weighted by Crippen LogP contribution is 2.02. The molecule has 0 unspecified atom stereocenters. The van der Waals surface area contributed by atoms with Crippen LogP contribution in [-0.4, -0.2) is 17.6 Å². The third kappa shape index (κ3) is 1.29. The van der Waals surface area contributed by atoms with Gasteiger partial charge in [-0.15, -0.1) is 0 Å². The Bertz CT molecular complexity index is 142. The van der Waals surface area contributed by atoms with Crippen LogP contribution in [0.1, 0.15) is 13.3 Å². The third-order valence-electron chi connectivity index (χ3n) is 1.10. The fraction of sp³-hybridized carbons (Fsp3) is 0.500. The largest absolute Gasteiger partial charge is 0.272 e. The Kier molecular flexibility index (Phi) is 1.85. The highest BCUT2D eigenvalue weighted by atomic mass is 16.7. The SMILES string of the molecule is CCC(=O)N1C=CCO1. The second-order valence-electron chi connectivity index (χ2n) is 1.75. The summed E-state index contributed by atoms with van der Waals surface area (Å²) < 4.78 is 0. The number of carbonyl (C=O) groups excluding carboxylic acids is 1. The first-order valence-corrected chi connectivity index (χ1v) is 2.96. The maximum absolute atomic E-state index is 10.8. The van der Waals surface area contributed by atoms with Crippen molar-refractivity contribution in [2.75, 3.05) is 6.61 Å².